The lowest BCUT2D eigenvalue weighted by atomic mass is 12.0. The zero-order valence-electron chi connectivity index (χ0n) is 3.49. The predicted octanol–water partition coefficient (Wildman–Crippen LogP) is -0.777. The highest BCUT2D eigenvalue weighted by Crippen LogP contribution is 1.78. The van der Waals surface area contributed by atoms with E-state index in [1.807, 2.05) is 0 Å². The van der Waals surface area contributed by atoms with E-state index in [1.165, 1.54) is 0 Å². The molecule has 0 aromatic carbocycles. The molecule has 0 saturated carbocycles. The van der Waals surface area contributed by atoms with Gasteiger partial charge in [0.2, 0.25) is 0 Å². The van der Waals surface area contributed by atoms with Crippen LogP contribution in [0.3, 0.4) is 0 Å². The number of nitro groups is 1. The molecule has 0 rings (SSSR count). The molecule has 0 amide bonds. The fourth-order valence-corrected chi connectivity index (χ4v) is 0. The Kier molecular flexibility index (Phi) is 1.32. The summed E-state index contributed by atoms with van der Waals surface area (Å²) in [6.45, 7) is 0. The quantitative estimate of drug-likeness (QED) is 0.340. The topological polar surface area (TPSA) is 77.3 Å². The van der Waals surface area contributed by atoms with E-state index in [0.29, 0.717) is 6.26 Å². The summed E-state index contributed by atoms with van der Waals surface area (Å²) in [5.74, 6) is 0. The number of sulfonamides is 1. The molecule has 0 aliphatic rings. The fourth-order valence-electron chi connectivity index (χ4n) is 0. The van der Waals surface area contributed by atoms with Crippen LogP contribution in [0, 0.1) is 10.1 Å². The summed E-state index contributed by atoms with van der Waals surface area (Å²) in [7, 11) is -4.02. The molecule has 0 atom stereocenters. The van der Waals surface area contributed by atoms with Gasteiger partial charge in [-0.15, -0.1) is 0 Å². The smallest absolute Gasteiger partial charge is 0.247 e. The van der Waals surface area contributed by atoms with Crippen molar-refractivity contribution < 1.29 is 12.7 Å². The molecule has 0 spiro atoms. The van der Waals surface area contributed by atoms with Crippen LogP contribution in [-0.2, 0) is 10.0 Å². The van der Waals surface area contributed by atoms with E-state index in [0.717, 1.165) is 0 Å². The first-order valence-electron chi connectivity index (χ1n) is 1.29. The Hall–Kier alpha value is -0.650. The molecular weight excluding hydrogens is 122 g/mol. The molecule has 0 unspecified atom stereocenters. The number of rotatable bonds is 1. The highest BCUT2D eigenvalue weighted by atomic mass is 32.2. The van der Waals surface area contributed by atoms with Gasteiger partial charge in [-0.2, -0.15) is 8.42 Å². The van der Waals surface area contributed by atoms with Crippen molar-refractivity contribution in [2.75, 3.05) is 6.26 Å². The minimum atomic E-state index is -4.02. The lowest BCUT2D eigenvalue weighted by Crippen LogP contribution is -2.08. The minimum absolute atomic E-state index is 0.535. The van der Waals surface area contributed by atoms with Crippen LogP contribution in [-0.4, -0.2) is 19.0 Å². The van der Waals surface area contributed by atoms with Crippen molar-refractivity contribution in [2.24, 2.45) is 0 Å². The van der Waals surface area contributed by atoms with Crippen molar-refractivity contribution in [1.29, 1.82) is 0 Å². The third-order valence-corrected chi connectivity index (χ3v) is 0.812. The van der Waals surface area contributed by atoms with Gasteiger partial charge in [0, 0.05) is 0 Å². The molecule has 7 heavy (non-hydrogen) atoms. The molecule has 0 saturated heterocycles. The lowest BCUT2D eigenvalue weighted by molar-refractivity contribution is -0.304. The zero-order valence-corrected chi connectivity index (χ0v) is 4.30. The molecule has 0 bridgehead atoms. The maximum Gasteiger partial charge on any atom is 0.414 e. The van der Waals surface area contributed by atoms with Crippen LogP contribution in [0.4, 0.5) is 0 Å². The van der Waals surface area contributed by atoms with E-state index in [2.05, 4.69) is 0 Å². The molecule has 0 aromatic heterocycles. The highest BCUT2D eigenvalue weighted by molar-refractivity contribution is 7.84. The molecule has 0 aromatic rings. The molecule has 0 heterocycles. The second-order valence-corrected chi connectivity index (χ2v) is 2.72. The lowest BCUT2D eigenvalue weighted by Gasteiger charge is -1.78. The molecular formula is CH3NO4S. The predicted molar refractivity (Wildman–Crippen MR) is 21.8 cm³/mol. The van der Waals surface area contributed by atoms with Crippen LogP contribution < -0.4 is 0 Å². The Bertz CT molecular complexity index is 166. The summed E-state index contributed by atoms with van der Waals surface area (Å²) in [6.07, 6.45) is 0.535. The minimum Gasteiger partial charge on any atom is -0.247 e. The Morgan fingerprint density at radius 3 is 1.71 bits per heavy atom. The Morgan fingerprint density at radius 2 is 1.71 bits per heavy atom. The van der Waals surface area contributed by atoms with E-state index in [4.69, 9.17) is 0 Å². The summed E-state index contributed by atoms with van der Waals surface area (Å²) in [5, 5.41) is 9.24. The van der Waals surface area contributed by atoms with Gasteiger partial charge in [-0.25, -0.2) is 10.1 Å². The maximum atomic E-state index is 9.63. The second-order valence-electron chi connectivity index (χ2n) is 0.957. The standard InChI is InChI=1S/CH3NO4S/c1-7(5,6)2(3)4/h1H3. The van der Waals surface area contributed by atoms with E-state index in [1.54, 1.807) is 0 Å². The second kappa shape index (κ2) is 1.45. The van der Waals surface area contributed by atoms with Gasteiger partial charge in [-0.1, -0.05) is 0 Å². The number of hydrogen-bond donors (Lipinski definition) is 0. The van der Waals surface area contributed by atoms with E-state index in [-0.39, 0.29) is 0 Å². The van der Waals surface area contributed by atoms with Gasteiger partial charge in [0.1, 0.15) is 6.26 Å². The van der Waals surface area contributed by atoms with Gasteiger partial charge in [0.25, 0.3) is 0 Å². The van der Waals surface area contributed by atoms with Crippen LogP contribution >= 0.6 is 0 Å². The first-order chi connectivity index (χ1) is 2.94. The number of nitrogens with zero attached hydrogens (tertiary/aromatic N) is 1. The Balaban J connectivity index is 4.43. The largest absolute Gasteiger partial charge is 0.414 e. The normalized spacial score (nSPS) is 11.0. The van der Waals surface area contributed by atoms with E-state index < -0.39 is 14.4 Å². The van der Waals surface area contributed by atoms with Gasteiger partial charge in [-0.3, -0.25) is 0 Å². The van der Waals surface area contributed by atoms with Gasteiger partial charge >= 0.3 is 10.0 Å². The summed E-state index contributed by atoms with van der Waals surface area (Å²) >= 11 is 0. The Morgan fingerprint density at radius 1 is 1.57 bits per heavy atom. The fraction of sp³-hybridized carbons (Fsp3) is 1.00. The van der Waals surface area contributed by atoms with Crippen molar-refractivity contribution in [3.8, 4) is 0 Å². The Labute approximate surface area is 40.2 Å². The highest BCUT2D eigenvalue weighted by Gasteiger charge is 2.11. The van der Waals surface area contributed by atoms with Crippen LogP contribution in [0.25, 0.3) is 0 Å². The average Bonchev–Trinajstić information content (AvgIpc) is 1.31. The molecule has 0 radical (unpaired) electrons. The summed E-state index contributed by atoms with van der Waals surface area (Å²) in [6, 6.07) is 0. The van der Waals surface area contributed by atoms with Crippen molar-refractivity contribution >= 4 is 10.0 Å². The van der Waals surface area contributed by atoms with E-state index in [9.17, 15) is 18.5 Å². The molecule has 42 valence electrons. The molecule has 0 aliphatic carbocycles. The molecule has 0 N–H and O–H groups in total. The summed E-state index contributed by atoms with van der Waals surface area (Å²) in [5.41, 5.74) is 0. The van der Waals surface area contributed by atoms with E-state index >= 15 is 0 Å². The van der Waals surface area contributed by atoms with Crippen molar-refractivity contribution in [1.82, 2.24) is 0 Å². The zero-order chi connectivity index (χ0) is 6.08. The number of hydrogen-bond acceptors (Lipinski definition) is 4. The van der Waals surface area contributed by atoms with Crippen molar-refractivity contribution in [2.45, 2.75) is 0 Å². The first kappa shape index (κ1) is 6.35. The van der Waals surface area contributed by atoms with Gasteiger partial charge in [0.15, 0.2) is 4.33 Å². The maximum absolute atomic E-state index is 9.63. The third kappa shape index (κ3) is 2.10. The van der Waals surface area contributed by atoms with Crippen LogP contribution in [0.5, 0.6) is 0 Å². The third-order valence-electron chi connectivity index (χ3n) is 0.271. The molecule has 5 nitrogen and oxygen atoms in total. The van der Waals surface area contributed by atoms with Crippen LogP contribution in [0.15, 0.2) is 0 Å². The summed E-state index contributed by atoms with van der Waals surface area (Å²) < 4.78 is 17.9. The average molecular weight is 125 g/mol. The molecule has 0 aliphatic heterocycles. The van der Waals surface area contributed by atoms with Gasteiger partial charge in [0.05, 0.1) is 0 Å². The van der Waals surface area contributed by atoms with Crippen molar-refractivity contribution in [3.63, 3.8) is 0 Å². The molecule has 0 fully saturated rings. The molecule has 6 heteroatoms. The van der Waals surface area contributed by atoms with Gasteiger partial charge < -0.3 is 0 Å². The summed E-state index contributed by atoms with van der Waals surface area (Å²) in [4.78, 5) is 9.24. The van der Waals surface area contributed by atoms with Crippen molar-refractivity contribution in [3.05, 3.63) is 10.1 Å². The first-order valence-corrected chi connectivity index (χ1v) is 3.14. The van der Waals surface area contributed by atoms with Crippen LogP contribution in [0.1, 0.15) is 0 Å². The van der Waals surface area contributed by atoms with Gasteiger partial charge in [-0.05, 0) is 0 Å². The monoisotopic (exact) mass is 125 g/mol. The SMILES string of the molecule is CS(=O)(=O)[N+](=O)[O-]. The van der Waals surface area contributed by atoms with Crippen LogP contribution in [0.2, 0.25) is 0 Å².